The van der Waals surface area contributed by atoms with Crippen molar-refractivity contribution in [3.05, 3.63) is 0 Å². The molecule has 0 bridgehead atoms. The zero-order chi connectivity index (χ0) is 11.9. The lowest BCUT2D eigenvalue weighted by atomic mass is 9.84. The van der Waals surface area contributed by atoms with Gasteiger partial charge in [-0.2, -0.15) is 0 Å². The molecule has 0 aromatic rings. The fourth-order valence-electron chi connectivity index (χ4n) is 1.89. The smallest absolute Gasteiger partial charge is 0.319 e. The van der Waals surface area contributed by atoms with Gasteiger partial charge in [0.1, 0.15) is 0 Å². The molecule has 0 unspecified atom stereocenters. The van der Waals surface area contributed by atoms with Gasteiger partial charge in [0, 0.05) is 6.54 Å². The first kappa shape index (κ1) is 14.4. The molecule has 90 valence electrons. The number of ether oxygens (including phenoxy) is 1. The van der Waals surface area contributed by atoms with Crippen molar-refractivity contribution in [3.63, 3.8) is 0 Å². The maximum atomic E-state index is 11.1. The minimum absolute atomic E-state index is 0.169. The molecule has 0 aliphatic rings. The van der Waals surface area contributed by atoms with Crippen molar-refractivity contribution in [2.45, 2.75) is 41.0 Å². The number of hydrogen-bond acceptors (Lipinski definition) is 3. The normalized spacial score (nSPS) is 11.9. The van der Waals surface area contributed by atoms with Crippen LogP contribution in [0.2, 0.25) is 0 Å². The Labute approximate surface area is 93.6 Å². The molecule has 0 heterocycles. The van der Waals surface area contributed by atoms with Gasteiger partial charge in [-0.3, -0.25) is 4.79 Å². The number of carbonyl (C=O) groups is 1. The van der Waals surface area contributed by atoms with Crippen molar-refractivity contribution >= 4 is 5.97 Å². The molecule has 0 amide bonds. The Morgan fingerprint density at radius 3 is 2.47 bits per heavy atom. The van der Waals surface area contributed by atoms with Crippen molar-refractivity contribution in [1.29, 1.82) is 0 Å². The van der Waals surface area contributed by atoms with E-state index in [0.29, 0.717) is 19.1 Å². The van der Waals surface area contributed by atoms with Crippen LogP contribution in [-0.4, -0.2) is 25.7 Å². The Bertz CT molecular complexity index is 188. The molecule has 0 rings (SSSR count). The first-order chi connectivity index (χ1) is 6.87. The second-order valence-corrected chi connectivity index (χ2v) is 5.17. The third kappa shape index (κ3) is 8.43. The summed E-state index contributed by atoms with van der Waals surface area (Å²) >= 11 is 0. The predicted molar refractivity (Wildman–Crippen MR) is 62.7 cm³/mol. The van der Waals surface area contributed by atoms with E-state index in [-0.39, 0.29) is 11.4 Å². The van der Waals surface area contributed by atoms with E-state index in [1.807, 2.05) is 6.92 Å². The first-order valence-corrected chi connectivity index (χ1v) is 5.73. The summed E-state index contributed by atoms with van der Waals surface area (Å²) in [6, 6.07) is 0. The molecule has 0 radical (unpaired) electrons. The molecule has 0 aliphatic heterocycles. The summed E-state index contributed by atoms with van der Waals surface area (Å²) in [6.45, 7) is 12.3. The van der Waals surface area contributed by atoms with Gasteiger partial charge in [-0.25, -0.2) is 0 Å². The van der Waals surface area contributed by atoms with Crippen LogP contribution in [0.5, 0.6) is 0 Å². The highest BCUT2D eigenvalue weighted by Gasteiger charge is 2.19. The molecule has 0 atom stereocenters. The van der Waals surface area contributed by atoms with E-state index in [2.05, 4.69) is 33.0 Å². The van der Waals surface area contributed by atoms with Crippen LogP contribution in [-0.2, 0) is 9.53 Å². The molecular weight excluding hydrogens is 190 g/mol. The maximum Gasteiger partial charge on any atom is 0.319 e. The molecule has 0 aromatic heterocycles. The van der Waals surface area contributed by atoms with Crippen LogP contribution < -0.4 is 5.32 Å². The van der Waals surface area contributed by atoms with Crippen LogP contribution >= 0.6 is 0 Å². The summed E-state index contributed by atoms with van der Waals surface area (Å²) in [5.41, 5.74) is 0.237. The third-order valence-electron chi connectivity index (χ3n) is 2.14. The Morgan fingerprint density at radius 1 is 1.40 bits per heavy atom. The molecule has 0 spiro atoms. The van der Waals surface area contributed by atoms with Gasteiger partial charge >= 0.3 is 5.97 Å². The Balaban J connectivity index is 3.69. The van der Waals surface area contributed by atoms with E-state index in [1.165, 1.54) is 0 Å². The van der Waals surface area contributed by atoms with E-state index in [1.54, 1.807) is 0 Å². The highest BCUT2D eigenvalue weighted by Crippen LogP contribution is 2.23. The van der Waals surface area contributed by atoms with Crippen molar-refractivity contribution in [2.75, 3.05) is 19.7 Å². The zero-order valence-corrected chi connectivity index (χ0v) is 10.7. The van der Waals surface area contributed by atoms with Crippen LogP contribution in [0.1, 0.15) is 41.0 Å². The summed E-state index contributed by atoms with van der Waals surface area (Å²) in [5.74, 6) is 0.516. The van der Waals surface area contributed by atoms with Crippen molar-refractivity contribution in [3.8, 4) is 0 Å². The molecule has 1 N–H and O–H groups in total. The second-order valence-electron chi connectivity index (χ2n) is 5.17. The Kier molecular flexibility index (Phi) is 6.57. The van der Waals surface area contributed by atoms with E-state index in [0.717, 1.165) is 13.0 Å². The molecule has 0 fully saturated rings. The van der Waals surface area contributed by atoms with Crippen LogP contribution in [0.15, 0.2) is 0 Å². The fraction of sp³-hybridized carbons (Fsp3) is 0.917. The number of nitrogens with one attached hydrogen (secondary N) is 1. The second kappa shape index (κ2) is 6.83. The van der Waals surface area contributed by atoms with Crippen molar-refractivity contribution < 1.29 is 9.53 Å². The lowest BCUT2D eigenvalue weighted by molar-refractivity contribution is -0.142. The molecule has 15 heavy (non-hydrogen) atoms. The highest BCUT2D eigenvalue weighted by atomic mass is 16.5. The lowest BCUT2D eigenvalue weighted by Crippen LogP contribution is -2.34. The summed E-state index contributed by atoms with van der Waals surface area (Å²) in [7, 11) is 0. The highest BCUT2D eigenvalue weighted by molar-refractivity contribution is 5.71. The molecule has 0 saturated carbocycles. The van der Waals surface area contributed by atoms with E-state index in [4.69, 9.17) is 4.74 Å². The lowest BCUT2D eigenvalue weighted by Gasteiger charge is -2.26. The van der Waals surface area contributed by atoms with E-state index >= 15 is 0 Å². The minimum atomic E-state index is -0.169. The number of rotatable bonds is 7. The van der Waals surface area contributed by atoms with Crippen LogP contribution in [0, 0.1) is 11.3 Å². The van der Waals surface area contributed by atoms with Crippen molar-refractivity contribution in [1.82, 2.24) is 5.32 Å². The molecule has 0 saturated heterocycles. The number of carbonyl (C=O) groups excluding carboxylic acids is 1. The summed E-state index contributed by atoms with van der Waals surface area (Å²) < 4.78 is 4.84. The van der Waals surface area contributed by atoms with Gasteiger partial charge in [-0.15, -0.1) is 0 Å². The SMILES string of the molecule is CCOC(=O)CNCC(C)(C)CC(C)C. The zero-order valence-electron chi connectivity index (χ0n) is 10.7. The predicted octanol–water partition coefficient (Wildman–Crippen LogP) is 2.21. The molecule has 3 heteroatoms. The molecule has 3 nitrogen and oxygen atoms in total. The average molecular weight is 215 g/mol. The fourth-order valence-corrected chi connectivity index (χ4v) is 1.89. The van der Waals surface area contributed by atoms with E-state index in [9.17, 15) is 4.79 Å². The van der Waals surface area contributed by atoms with Gasteiger partial charge in [0.2, 0.25) is 0 Å². The van der Waals surface area contributed by atoms with Gasteiger partial charge < -0.3 is 10.1 Å². The minimum Gasteiger partial charge on any atom is -0.465 e. The average Bonchev–Trinajstić information content (AvgIpc) is 2.01. The monoisotopic (exact) mass is 215 g/mol. The van der Waals surface area contributed by atoms with Crippen LogP contribution in [0.4, 0.5) is 0 Å². The topological polar surface area (TPSA) is 38.3 Å². The summed E-state index contributed by atoms with van der Waals surface area (Å²) in [6.07, 6.45) is 1.16. The van der Waals surface area contributed by atoms with Gasteiger partial charge in [0.25, 0.3) is 0 Å². The molecule has 0 aromatic carbocycles. The molecular formula is C12H25NO2. The quantitative estimate of drug-likeness (QED) is 0.662. The number of esters is 1. The number of hydrogen-bond donors (Lipinski definition) is 1. The van der Waals surface area contributed by atoms with Crippen LogP contribution in [0.25, 0.3) is 0 Å². The van der Waals surface area contributed by atoms with Crippen molar-refractivity contribution in [2.24, 2.45) is 11.3 Å². The summed E-state index contributed by atoms with van der Waals surface area (Å²) in [5, 5.41) is 3.14. The Morgan fingerprint density at radius 2 is 2.00 bits per heavy atom. The standard InChI is InChI=1S/C12H25NO2/c1-6-15-11(14)8-13-9-12(4,5)7-10(2)3/h10,13H,6-9H2,1-5H3. The largest absolute Gasteiger partial charge is 0.465 e. The maximum absolute atomic E-state index is 11.1. The van der Waals surface area contributed by atoms with Gasteiger partial charge in [0.05, 0.1) is 13.2 Å². The third-order valence-corrected chi connectivity index (χ3v) is 2.14. The van der Waals surface area contributed by atoms with E-state index < -0.39 is 0 Å². The van der Waals surface area contributed by atoms with Gasteiger partial charge in [-0.05, 0) is 24.7 Å². The Hall–Kier alpha value is -0.570. The first-order valence-electron chi connectivity index (χ1n) is 5.73. The summed E-state index contributed by atoms with van der Waals surface area (Å²) in [4.78, 5) is 11.1. The van der Waals surface area contributed by atoms with Gasteiger partial charge in [-0.1, -0.05) is 27.7 Å². The van der Waals surface area contributed by atoms with Crippen LogP contribution in [0.3, 0.4) is 0 Å². The van der Waals surface area contributed by atoms with Gasteiger partial charge in [0.15, 0.2) is 0 Å². The molecule has 0 aliphatic carbocycles.